The van der Waals surface area contributed by atoms with Crippen molar-refractivity contribution in [1.82, 2.24) is 14.5 Å². The quantitative estimate of drug-likeness (QED) is 0.458. The molecule has 0 fully saturated rings. The van der Waals surface area contributed by atoms with E-state index in [-0.39, 0.29) is 6.54 Å². The fourth-order valence-electron chi connectivity index (χ4n) is 2.99. The van der Waals surface area contributed by atoms with Crippen molar-refractivity contribution in [2.75, 3.05) is 12.4 Å². The first-order valence-corrected chi connectivity index (χ1v) is 8.96. The zero-order chi connectivity index (χ0) is 20.2. The molecule has 0 atom stereocenters. The Morgan fingerprint density at radius 2 is 1.93 bits per heavy atom. The minimum absolute atomic E-state index is 0.00970. The molecule has 8 heteroatoms. The third-order valence-electron chi connectivity index (χ3n) is 4.43. The van der Waals surface area contributed by atoms with Crippen LogP contribution in [0.1, 0.15) is 5.69 Å². The number of hydrogen-bond acceptors (Lipinski definition) is 7. The molecule has 0 aliphatic rings. The van der Waals surface area contributed by atoms with Crippen LogP contribution in [0, 0.1) is 4.91 Å². The molecular weight excluding hydrogens is 370 g/mol. The zero-order valence-corrected chi connectivity index (χ0v) is 16.0. The van der Waals surface area contributed by atoms with E-state index in [0.717, 1.165) is 22.5 Å². The summed E-state index contributed by atoms with van der Waals surface area (Å²) in [5.74, 6) is 2.70. The Morgan fingerprint density at radius 3 is 2.76 bits per heavy atom. The highest BCUT2D eigenvalue weighted by Crippen LogP contribution is 2.28. The molecule has 1 N–H and O–H groups in total. The van der Waals surface area contributed by atoms with Gasteiger partial charge in [-0.25, -0.2) is 4.98 Å². The molecule has 146 valence electrons. The second-order valence-corrected chi connectivity index (χ2v) is 6.37. The summed E-state index contributed by atoms with van der Waals surface area (Å²) in [5.41, 5.74) is 3.19. The van der Waals surface area contributed by atoms with Crippen molar-refractivity contribution in [3.05, 3.63) is 71.4 Å². The van der Waals surface area contributed by atoms with Crippen LogP contribution in [-0.4, -0.2) is 21.6 Å². The summed E-state index contributed by atoms with van der Waals surface area (Å²) in [6.45, 7) is 0.00970. The summed E-state index contributed by atoms with van der Waals surface area (Å²) in [6, 6.07) is 16.8. The van der Waals surface area contributed by atoms with Crippen LogP contribution < -0.4 is 14.8 Å². The van der Waals surface area contributed by atoms with Crippen LogP contribution in [0.2, 0.25) is 0 Å². The van der Waals surface area contributed by atoms with Gasteiger partial charge in [-0.3, -0.25) is 4.98 Å². The smallest absolute Gasteiger partial charge is 0.208 e. The number of ether oxygens (including phenoxy) is 2. The molecule has 0 saturated carbocycles. The molecule has 0 bridgehead atoms. The van der Waals surface area contributed by atoms with E-state index in [1.165, 1.54) is 0 Å². The Hall–Kier alpha value is -3.94. The van der Waals surface area contributed by atoms with Gasteiger partial charge in [0, 0.05) is 37.1 Å². The molecule has 4 rings (SSSR count). The van der Waals surface area contributed by atoms with Gasteiger partial charge in [-0.15, -0.1) is 0 Å². The van der Waals surface area contributed by atoms with Crippen LogP contribution in [0.3, 0.4) is 0 Å². The Bertz CT molecular complexity index is 1170. The molecule has 0 radical (unpaired) electrons. The lowest BCUT2D eigenvalue weighted by atomic mass is 10.3. The lowest BCUT2D eigenvalue weighted by molar-refractivity contribution is 0.415. The number of benzene rings is 2. The van der Waals surface area contributed by atoms with E-state index in [4.69, 9.17) is 9.47 Å². The van der Waals surface area contributed by atoms with E-state index >= 15 is 0 Å². The van der Waals surface area contributed by atoms with Gasteiger partial charge in [-0.05, 0) is 30.3 Å². The van der Waals surface area contributed by atoms with Crippen molar-refractivity contribution in [3.8, 4) is 17.2 Å². The number of rotatable bonds is 7. The number of nitrogens with one attached hydrogen (secondary N) is 1. The zero-order valence-electron chi connectivity index (χ0n) is 16.0. The third kappa shape index (κ3) is 4.01. The first-order chi connectivity index (χ1) is 14.2. The second kappa shape index (κ2) is 7.97. The van der Waals surface area contributed by atoms with Gasteiger partial charge in [0.1, 0.15) is 23.8 Å². The van der Waals surface area contributed by atoms with Crippen LogP contribution in [0.15, 0.2) is 66.0 Å². The number of hydrogen-bond donors (Lipinski definition) is 1. The molecule has 4 aromatic rings. The molecule has 2 heterocycles. The number of anilines is 2. The number of pyridine rings is 1. The third-order valence-corrected chi connectivity index (χ3v) is 4.43. The summed E-state index contributed by atoms with van der Waals surface area (Å²) in [4.78, 5) is 19.2. The topological polar surface area (TPSA) is 90.6 Å². The number of aryl methyl sites for hydroxylation is 1. The van der Waals surface area contributed by atoms with Crippen molar-refractivity contribution < 1.29 is 9.47 Å². The van der Waals surface area contributed by atoms with E-state index in [1.807, 2.05) is 54.1 Å². The van der Waals surface area contributed by atoms with Gasteiger partial charge < -0.3 is 19.4 Å². The van der Waals surface area contributed by atoms with Gasteiger partial charge >= 0.3 is 0 Å². The summed E-state index contributed by atoms with van der Waals surface area (Å²) >= 11 is 0. The van der Waals surface area contributed by atoms with Gasteiger partial charge in [-0.2, -0.15) is 4.91 Å². The van der Waals surface area contributed by atoms with E-state index in [1.54, 1.807) is 25.4 Å². The fraction of sp³-hybridized carbons (Fsp3) is 0.143. The van der Waals surface area contributed by atoms with E-state index in [2.05, 4.69) is 20.5 Å². The minimum Gasteiger partial charge on any atom is -0.497 e. The maximum absolute atomic E-state index is 10.4. The van der Waals surface area contributed by atoms with Crippen LogP contribution in [-0.2, 0) is 13.6 Å². The molecule has 0 unspecified atom stereocenters. The van der Waals surface area contributed by atoms with E-state index < -0.39 is 0 Å². The normalized spacial score (nSPS) is 10.7. The predicted octanol–water partition coefficient (Wildman–Crippen LogP) is 4.78. The average molecular weight is 389 g/mol. The molecule has 0 saturated heterocycles. The van der Waals surface area contributed by atoms with Crippen molar-refractivity contribution in [1.29, 1.82) is 0 Å². The number of methoxy groups -OCH3 is 1. The highest BCUT2D eigenvalue weighted by Gasteiger charge is 2.10. The number of aromatic nitrogens is 3. The van der Waals surface area contributed by atoms with Gasteiger partial charge in [-0.1, -0.05) is 11.2 Å². The van der Waals surface area contributed by atoms with Gasteiger partial charge in [0.15, 0.2) is 0 Å². The van der Waals surface area contributed by atoms with Gasteiger partial charge in [0.25, 0.3) is 0 Å². The number of nitrogens with zero attached hydrogens (tertiary/aromatic N) is 4. The standard InChI is InChI=1S/C21H19N5O3/c1-26-20-7-6-17(29-18-8-9-22-15(11-18)13-23-27)12-19(20)25-21(26)24-14-4-3-5-16(10-14)28-2/h3-12H,13H2,1-2H3,(H,24,25). The number of nitroso groups, excluding NO2 is 1. The highest BCUT2D eigenvalue weighted by molar-refractivity contribution is 5.81. The number of fused-ring (bicyclic) bond motifs is 1. The molecular formula is C21H19N5O3. The van der Waals surface area contributed by atoms with Gasteiger partial charge in [0.2, 0.25) is 5.95 Å². The predicted molar refractivity (Wildman–Crippen MR) is 111 cm³/mol. The van der Waals surface area contributed by atoms with E-state index in [0.29, 0.717) is 23.1 Å². The maximum Gasteiger partial charge on any atom is 0.208 e. The Balaban J connectivity index is 1.59. The molecule has 0 amide bonds. The Morgan fingerprint density at radius 1 is 1.07 bits per heavy atom. The lowest BCUT2D eigenvalue weighted by Gasteiger charge is -2.08. The summed E-state index contributed by atoms with van der Waals surface area (Å²) < 4.78 is 13.1. The molecule has 2 aromatic heterocycles. The molecule has 0 aliphatic heterocycles. The monoisotopic (exact) mass is 389 g/mol. The van der Waals surface area contributed by atoms with Crippen molar-refractivity contribution in [3.63, 3.8) is 0 Å². The average Bonchev–Trinajstić information content (AvgIpc) is 3.03. The molecule has 29 heavy (non-hydrogen) atoms. The summed E-state index contributed by atoms with van der Waals surface area (Å²) in [6.07, 6.45) is 1.59. The molecule has 0 aliphatic carbocycles. The van der Waals surface area contributed by atoms with Gasteiger partial charge in [0.05, 0.1) is 23.8 Å². The molecule has 2 aromatic carbocycles. The van der Waals surface area contributed by atoms with Crippen LogP contribution in [0.4, 0.5) is 11.6 Å². The summed E-state index contributed by atoms with van der Waals surface area (Å²) in [5, 5.41) is 6.17. The van der Waals surface area contributed by atoms with Crippen molar-refractivity contribution >= 4 is 22.7 Å². The Kier molecular flexibility index (Phi) is 5.07. The van der Waals surface area contributed by atoms with Crippen LogP contribution >= 0.6 is 0 Å². The minimum atomic E-state index is 0.00970. The highest BCUT2D eigenvalue weighted by atomic mass is 16.5. The Labute approximate surface area is 167 Å². The lowest BCUT2D eigenvalue weighted by Crippen LogP contribution is -1.99. The van der Waals surface area contributed by atoms with E-state index in [9.17, 15) is 4.91 Å². The van der Waals surface area contributed by atoms with Crippen molar-refractivity contribution in [2.24, 2.45) is 12.2 Å². The van der Waals surface area contributed by atoms with Crippen molar-refractivity contribution in [2.45, 2.75) is 6.54 Å². The molecule has 8 nitrogen and oxygen atoms in total. The molecule has 0 spiro atoms. The largest absolute Gasteiger partial charge is 0.497 e. The second-order valence-electron chi connectivity index (χ2n) is 6.37. The number of imidazole rings is 1. The van der Waals surface area contributed by atoms with Crippen LogP contribution in [0.5, 0.6) is 17.2 Å². The summed E-state index contributed by atoms with van der Waals surface area (Å²) in [7, 11) is 3.58. The van der Waals surface area contributed by atoms with Crippen LogP contribution in [0.25, 0.3) is 11.0 Å². The first-order valence-electron chi connectivity index (χ1n) is 8.96. The SMILES string of the molecule is COc1cccc(Nc2nc3cc(Oc4ccnc(CN=O)c4)ccc3n2C)c1. The fourth-order valence-corrected chi connectivity index (χ4v) is 2.99. The maximum atomic E-state index is 10.4. The first kappa shape index (κ1) is 18.4.